The summed E-state index contributed by atoms with van der Waals surface area (Å²) < 4.78 is 26.5. The van der Waals surface area contributed by atoms with Crippen LogP contribution in [0.4, 0.5) is 11.4 Å². The third-order valence-corrected chi connectivity index (χ3v) is 7.52. The van der Waals surface area contributed by atoms with Crippen molar-refractivity contribution in [3.8, 4) is 0 Å². The van der Waals surface area contributed by atoms with Crippen LogP contribution in [0, 0.1) is 0 Å². The molecule has 1 saturated heterocycles. The molecule has 2 aromatic rings. The molecule has 0 spiro atoms. The fourth-order valence-electron chi connectivity index (χ4n) is 3.51. The number of nitrogens with one attached hydrogen (secondary N) is 1. The van der Waals surface area contributed by atoms with Gasteiger partial charge in [0.25, 0.3) is 5.91 Å². The fraction of sp³-hybridized carbons (Fsp3) is 0.409. The zero-order chi connectivity index (χ0) is 21.7. The van der Waals surface area contributed by atoms with Crippen molar-refractivity contribution in [1.29, 1.82) is 0 Å². The highest BCUT2D eigenvalue weighted by atomic mass is 32.2. The maximum Gasteiger partial charge on any atom is 0.255 e. The number of piperazine rings is 1. The van der Waals surface area contributed by atoms with Gasteiger partial charge in [0.15, 0.2) is 0 Å². The summed E-state index contributed by atoms with van der Waals surface area (Å²) >= 11 is 0. The molecule has 0 unspecified atom stereocenters. The first-order valence-corrected chi connectivity index (χ1v) is 11.7. The normalized spacial score (nSPS) is 15.4. The van der Waals surface area contributed by atoms with Gasteiger partial charge in [-0.25, -0.2) is 8.42 Å². The molecule has 30 heavy (non-hydrogen) atoms. The number of rotatable bonds is 7. The molecule has 0 radical (unpaired) electrons. The number of hydrogen-bond acceptors (Lipinski definition) is 5. The zero-order valence-electron chi connectivity index (χ0n) is 17.8. The van der Waals surface area contributed by atoms with Crippen LogP contribution < -0.4 is 10.2 Å². The van der Waals surface area contributed by atoms with E-state index in [0.717, 1.165) is 31.9 Å². The molecular formula is C22H30N4O3S. The van der Waals surface area contributed by atoms with E-state index in [2.05, 4.69) is 22.2 Å². The molecule has 7 nitrogen and oxygen atoms in total. The molecule has 0 aromatic heterocycles. The molecule has 0 saturated carbocycles. The topological polar surface area (TPSA) is 73.0 Å². The van der Waals surface area contributed by atoms with Crippen LogP contribution in [0.1, 0.15) is 24.2 Å². The standard InChI is InChI=1S/C22H30N4O3S/c1-4-26(5-2)30(28,29)21-12-6-18(7-13-21)22(27)23-19-8-10-20(11-9-19)25-16-14-24(3)15-17-25/h6-13H,4-5,14-17H2,1-3H3,(H,23,27). The lowest BCUT2D eigenvalue weighted by atomic mass is 10.2. The first kappa shape index (κ1) is 22.3. The number of likely N-dealkylation sites (N-methyl/N-ethyl adjacent to an activating group) is 1. The predicted molar refractivity (Wildman–Crippen MR) is 121 cm³/mol. The lowest BCUT2D eigenvalue weighted by Crippen LogP contribution is -2.44. The van der Waals surface area contributed by atoms with Gasteiger partial charge in [-0.15, -0.1) is 0 Å². The Morgan fingerprint density at radius 2 is 1.50 bits per heavy atom. The van der Waals surface area contributed by atoms with E-state index in [9.17, 15) is 13.2 Å². The SMILES string of the molecule is CCN(CC)S(=O)(=O)c1ccc(C(=O)Nc2ccc(N3CCN(C)CC3)cc2)cc1. The van der Waals surface area contributed by atoms with Gasteiger partial charge < -0.3 is 15.1 Å². The van der Waals surface area contributed by atoms with Gasteiger partial charge in [0.2, 0.25) is 10.0 Å². The number of nitrogens with zero attached hydrogens (tertiary/aromatic N) is 3. The monoisotopic (exact) mass is 430 g/mol. The Morgan fingerprint density at radius 3 is 2.03 bits per heavy atom. The van der Waals surface area contributed by atoms with Crippen molar-refractivity contribution < 1.29 is 13.2 Å². The van der Waals surface area contributed by atoms with E-state index >= 15 is 0 Å². The number of anilines is 2. The van der Waals surface area contributed by atoms with Crippen molar-refractivity contribution >= 4 is 27.3 Å². The second-order valence-corrected chi connectivity index (χ2v) is 9.34. The van der Waals surface area contributed by atoms with E-state index < -0.39 is 10.0 Å². The van der Waals surface area contributed by atoms with Crippen LogP contribution in [-0.4, -0.2) is 69.8 Å². The van der Waals surface area contributed by atoms with Gasteiger partial charge in [0, 0.05) is 56.2 Å². The van der Waals surface area contributed by atoms with Crippen LogP contribution >= 0.6 is 0 Å². The summed E-state index contributed by atoms with van der Waals surface area (Å²) in [6.45, 7) is 8.49. The summed E-state index contributed by atoms with van der Waals surface area (Å²) in [6.07, 6.45) is 0. The average Bonchev–Trinajstić information content (AvgIpc) is 2.75. The van der Waals surface area contributed by atoms with Gasteiger partial charge in [-0.3, -0.25) is 4.79 Å². The lowest BCUT2D eigenvalue weighted by Gasteiger charge is -2.34. The minimum absolute atomic E-state index is 0.194. The summed E-state index contributed by atoms with van der Waals surface area (Å²) in [5.74, 6) is -0.269. The third-order valence-electron chi connectivity index (χ3n) is 5.45. The molecule has 1 N–H and O–H groups in total. The molecular weight excluding hydrogens is 400 g/mol. The Bertz CT molecular complexity index is 947. The molecule has 3 rings (SSSR count). The highest BCUT2D eigenvalue weighted by Gasteiger charge is 2.21. The van der Waals surface area contributed by atoms with E-state index in [-0.39, 0.29) is 10.8 Å². The van der Waals surface area contributed by atoms with Crippen molar-refractivity contribution in [1.82, 2.24) is 9.21 Å². The molecule has 1 fully saturated rings. The lowest BCUT2D eigenvalue weighted by molar-refractivity contribution is 0.102. The number of amides is 1. The van der Waals surface area contributed by atoms with Gasteiger partial charge in [-0.2, -0.15) is 4.31 Å². The van der Waals surface area contributed by atoms with Gasteiger partial charge in [-0.1, -0.05) is 13.8 Å². The summed E-state index contributed by atoms with van der Waals surface area (Å²) in [5.41, 5.74) is 2.27. The van der Waals surface area contributed by atoms with Crippen LogP contribution in [0.5, 0.6) is 0 Å². The summed E-state index contributed by atoms with van der Waals surface area (Å²) in [7, 11) is -1.40. The van der Waals surface area contributed by atoms with Crippen LogP contribution in [0.25, 0.3) is 0 Å². The van der Waals surface area contributed by atoms with Crippen LogP contribution in [0.2, 0.25) is 0 Å². The first-order valence-electron chi connectivity index (χ1n) is 10.3. The van der Waals surface area contributed by atoms with E-state index in [0.29, 0.717) is 24.3 Å². The molecule has 1 heterocycles. The minimum atomic E-state index is -3.53. The van der Waals surface area contributed by atoms with Gasteiger partial charge in [-0.05, 0) is 55.6 Å². The van der Waals surface area contributed by atoms with Crippen molar-refractivity contribution in [3.63, 3.8) is 0 Å². The Hall–Kier alpha value is -2.42. The molecule has 1 aliphatic rings. The van der Waals surface area contributed by atoms with E-state index in [1.54, 1.807) is 26.0 Å². The molecule has 0 bridgehead atoms. The largest absolute Gasteiger partial charge is 0.369 e. The second-order valence-electron chi connectivity index (χ2n) is 7.41. The Morgan fingerprint density at radius 1 is 0.933 bits per heavy atom. The van der Waals surface area contributed by atoms with Crippen molar-refractivity contribution in [2.45, 2.75) is 18.7 Å². The molecule has 0 atom stereocenters. The van der Waals surface area contributed by atoms with Crippen molar-refractivity contribution in [2.24, 2.45) is 0 Å². The van der Waals surface area contributed by atoms with Gasteiger partial charge >= 0.3 is 0 Å². The van der Waals surface area contributed by atoms with Gasteiger partial charge in [0.1, 0.15) is 0 Å². The number of hydrogen-bond donors (Lipinski definition) is 1. The molecule has 0 aliphatic carbocycles. The number of carbonyl (C=O) groups excluding carboxylic acids is 1. The third kappa shape index (κ3) is 5.00. The summed E-state index contributed by atoms with van der Waals surface area (Å²) in [4.78, 5) is 17.4. The van der Waals surface area contributed by atoms with E-state index in [4.69, 9.17) is 0 Å². The molecule has 2 aromatic carbocycles. The molecule has 1 aliphatic heterocycles. The Labute approximate surface area is 179 Å². The highest BCUT2D eigenvalue weighted by Crippen LogP contribution is 2.21. The smallest absolute Gasteiger partial charge is 0.255 e. The van der Waals surface area contributed by atoms with E-state index in [1.807, 2.05) is 24.3 Å². The summed E-state index contributed by atoms with van der Waals surface area (Å²) in [5, 5.41) is 2.87. The minimum Gasteiger partial charge on any atom is -0.369 e. The van der Waals surface area contributed by atoms with E-state index in [1.165, 1.54) is 16.4 Å². The number of carbonyl (C=O) groups is 1. The maximum absolute atomic E-state index is 12.6. The van der Waals surface area contributed by atoms with Gasteiger partial charge in [0.05, 0.1) is 4.90 Å². The highest BCUT2D eigenvalue weighted by molar-refractivity contribution is 7.89. The predicted octanol–water partition coefficient (Wildman–Crippen LogP) is 2.72. The zero-order valence-corrected chi connectivity index (χ0v) is 18.7. The quantitative estimate of drug-likeness (QED) is 0.731. The van der Waals surface area contributed by atoms with Crippen LogP contribution in [0.3, 0.4) is 0 Å². The second kappa shape index (κ2) is 9.59. The molecule has 1 amide bonds. The van der Waals surface area contributed by atoms with Crippen molar-refractivity contribution in [2.75, 3.05) is 56.5 Å². The van der Waals surface area contributed by atoms with Crippen LogP contribution in [0.15, 0.2) is 53.4 Å². The van der Waals surface area contributed by atoms with Crippen LogP contribution in [-0.2, 0) is 10.0 Å². The fourth-order valence-corrected chi connectivity index (χ4v) is 4.97. The van der Waals surface area contributed by atoms with Crippen molar-refractivity contribution in [3.05, 3.63) is 54.1 Å². The molecule has 162 valence electrons. The maximum atomic E-state index is 12.6. The summed E-state index contributed by atoms with van der Waals surface area (Å²) in [6, 6.07) is 13.9. The molecule has 8 heteroatoms. The number of benzene rings is 2. The Balaban J connectivity index is 1.65. The Kier molecular flexibility index (Phi) is 7.12. The first-order chi connectivity index (χ1) is 14.3. The number of sulfonamides is 1. The average molecular weight is 431 g/mol.